The zero-order valence-electron chi connectivity index (χ0n) is 15.4. The molecule has 1 atom stereocenters. The Morgan fingerprint density at radius 3 is 2.54 bits per heavy atom. The standard InChI is InChI=1S/C21H26N4O/c1-15(2)16-7-9-17(10-8-16)18(22)13-23-21(26)11-12-25-14-24-19-5-3-4-6-20(19)25/h3-10,14-15,18H,11-13,22H2,1-2H3,(H,23,26). The van der Waals surface area contributed by atoms with Gasteiger partial charge in [0.15, 0.2) is 0 Å². The van der Waals surface area contributed by atoms with Gasteiger partial charge in [-0.2, -0.15) is 0 Å². The second-order valence-corrected chi connectivity index (χ2v) is 6.91. The van der Waals surface area contributed by atoms with Crippen LogP contribution in [0, 0.1) is 0 Å². The molecule has 1 aromatic heterocycles. The Morgan fingerprint density at radius 2 is 1.81 bits per heavy atom. The normalized spacial score (nSPS) is 12.5. The van der Waals surface area contributed by atoms with Gasteiger partial charge >= 0.3 is 0 Å². The monoisotopic (exact) mass is 350 g/mol. The summed E-state index contributed by atoms with van der Waals surface area (Å²) in [6, 6.07) is 16.0. The lowest BCUT2D eigenvalue weighted by atomic mass is 9.99. The molecule has 0 saturated heterocycles. The Morgan fingerprint density at radius 1 is 1.12 bits per heavy atom. The number of carbonyl (C=O) groups excluding carboxylic acids is 1. The molecule has 3 N–H and O–H groups in total. The minimum Gasteiger partial charge on any atom is -0.354 e. The summed E-state index contributed by atoms with van der Waals surface area (Å²) in [6.45, 7) is 5.37. The third-order valence-corrected chi connectivity index (χ3v) is 4.66. The predicted octanol–water partition coefficient (Wildman–Crippen LogP) is 3.37. The van der Waals surface area contributed by atoms with E-state index in [1.165, 1.54) is 5.56 Å². The summed E-state index contributed by atoms with van der Waals surface area (Å²) in [5.41, 5.74) is 10.5. The summed E-state index contributed by atoms with van der Waals surface area (Å²) >= 11 is 0. The van der Waals surface area contributed by atoms with Gasteiger partial charge in [-0.1, -0.05) is 50.2 Å². The Bertz CT molecular complexity index is 867. The molecule has 0 spiro atoms. The molecule has 3 aromatic rings. The number of fused-ring (bicyclic) bond motifs is 1. The zero-order chi connectivity index (χ0) is 18.5. The Balaban J connectivity index is 1.49. The van der Waals surface area contributed by atoms with E-state index in [2.05, 4.69) is 36.3 Å². The predicted molar refractivity (Wildman–Crippen MR) is 105 cm³/mol. The van der Waals surface area contributed by atoms with Gasteiger partial charge in [-0.25, -0.2) is 4.98 Å². The van der Waals surface area contributed by atoms with Gasteiger partial charge in [0, 0.05) is 25.6 Å². The van der Waals surface area contributed by atoms with Gasteiger partial charge in [-0.05, 0) is 29.2 Å². The first-order valence-corrected chi connectivity index (χ1v) is 9.06. The van der Waals surface area contributed by atoms with E-state index in [0.29, 0.717) is 25.4 Å². The van der Waals surface area contributed by atoms with Gasteiger partial charge in [0.25, 0.3) is 0 Å². The van der Waals surface area contributed by atoms with E-state index in [-0.39, 0.29) is 11.9 Å². The number of nitrogens with one attached hydrogen (secondary N) is 1. The number of aryl methyl sites for hydroxylation is 1. The van der Waals surface area contributed by atoms with Crippen molar-refractivity contribution >= 4 is 16.9 Å². The second-order valence-electron chi connectivity index (χ2n) is 6.91. The van der Waals surface area contributed by atoms with Gasteiger partial charge < -0.3 is 15.6 Å². The molecule has 0 aliphatic rings. The first-order valence-electron chi connectivity index (χ1n) is 9.06. The smallest absolute Gasteiger partial charge is 0.221 e. The van der Waals surface area contributed by atoms with E-state index >= 15 is 0 Å². The summed E-state index contributed by atoms with van der Waals surface area (Å²) in [6.07, 6.45) is 2.18. The second kappa shape index (κ2) is 8.15. The molecule has 0 aliphatic heterocycles. The Hall–Kier alpha value is -2.66. The maximum atomic E-state index is 12.2. The Labute approximate surface area is 154 Å². The molecule has 136 valence electrons. The van der Waals surface area contributed by atoms with Crippen LogP contribution in [-0.2, 0) is 11.3 Å². The highest BCUT2D eigenvalue weighted by Crippen LogP contribution is 2.17. The Kier molecular flexibility index (Phi) is 5.68. The first-order chi connectivity index (χ1) is 12.5. The van der Waals surface area contributed by atoms with Gasteiger partial charge in [0.05, 0.1) is 17.4 Å². The zero-order valence-corrected chi connectivity index (χ0v) is 15.4. The number of aromatic nitrogens is 2. The fraction of sp³-hybridized carbons (Fsp3) is 0.333. The number of amides is 1. The molecule has 5 nitrogen and oxygen atoms in total. The van der Waals surface area contributed by atoms with Gasteiger partial charge in [-0.3, -0.25) is 4.79 Å². The van der Waals surface area contributed by atoms with Crippen molar-refractivity contribution in [2.24, 2.45) is 5.73 Å². The molecule has 0 saturated carbocycles. The topological polar surface area (TPSA) is 72.9 Å². The largest absolute Gasteiger partial charge is 0.354 e. The quantitative estimate of drug-likeness (QED) is 0.686. The van der Waals surface area contributed by atoms with Crippen molar-refractivity contribution in [1.29, 1.82) is 0 Å². The average Bonchev–Trinajstić information content (AvgIpc) is 3.07. The van der Waals surface area contributed by atoms with Crippen LogP contribution in [0.3, 0.4) is 0 Å². The van der Waals surface area contributed by atoms with Crippen LogP contribution in [0.4, 0.5) is 0 Å². The number of benzene rings is 2. The lowest BCUT2D eigenvalue weighted by Gasteiger charge is -2.15. The average molecular weight is 350 g/mol. The fourth-order valence-corrected chi connectivity index (χ4v) is 2.97. The molecular formula is C21H26N4O. The number of nitrogens with zero attached hydrogens (tertiary/aromatic N) is 2. The number of carbonyl (C=O) groups is 1. The van der Waals surface area contributed by atoms with Crippen molar-refractivity contribution in [2.45, 2.75) is 38.8 Å². The number of hydrogen-bond donors (Lipinski definition) is 2. The summed E-state index contributed by atoms with van der Waals surface area (Å²) in [5.74, 6) is 0.497. The molecule has 0 aliphatic carbocycles. The summed E-state index contributed by atoms with van der Waals surface area (Å²) in [4.78, 5) is 16.5. The molecule has 5 heteroatoms. The van der Waals surface area contributed by atoms with E-state index < -0.39 is 0 Å². The molecule has 1 heterocycles. The number of rotatable bonds is 7. The van der Waals surface area contributed by atoms with Crippen molar-refractivity contribution in [1.82, 2.24) is 14.9 Å². The maximum absolute atomic E-state index is 12.2. The van der Waals surface area contributed by atoms with Crippen LogP contribution in [0.1, 0.15) is 43.4 Å². The first kappa shape index (κ1) is 18.1. The van der Waals surface area contributed by atoms with Crippen molar-refractivity contribution in [2.75, 3.05) is 6.54 Å². The molecular weight excluding hydrogens is 324 g/mol. The third-order valence-electron chi connectivity index (χ3n) is 4.66. The molecule has 0 radical (unpaired) electrons. The summed E-state index contributed by atoms with van der Waals surface area (Å²) in [7, 11) is 0. The van der Waals surface area contributed by atoms with Crippen LogP contribution in [-0.4, -0.2) is 22.0 Å². The van der Waals surface area contributed by atoms with E-state index in [1.54, 1.807) is 6.33 Å². The van der Waals surface area contributed by atoms with Crippen molar-refractivity contribution in [3.63, 3.8) is 0 Å². The highest BCUT2D eigenvalue weighted by molar-refractivity contribution is 5.77. The molecule has 0 fully saturated rings. The van der Waals surface area contributed by atoms with E-state index in [0.717, 1.165) is 16.6 Å². The number of hydrogen-bond acceptors (Lipinski definition) is 3. The van der Waals surface area contributed by atoms with Crippen LogP contribution in [0.15, 0.2) is 54.9 Å². The molecule has 3 rings (SSSR count). The summed E-state index contributed by atoms with van der Waals surface area (Å²) < 4.78 is 2.00. The van der Waals surface area contributed by atoms with Gasteiger partial charge in [0.1, 0.15) is 0 Å². The molecule has 0 bridgehead atoms. The van der Waals surface area contributed by atoms with Gasteiger partial charge in [-0.15, -0.1) is 0 Å². The molecule has 1 unspecified atom stereocenters. The van der Waals surface area contributed by atoms with E-state index in [9.17, 15) is 4.79 Å². The minimum absolute atomic E-state index is 0.00275. The maximum Gasteiger partial charge on any atom is 0.221 e. The van der Waals surface area contributed by atoms with Crippen LogP contribution in [0.2, 0.25) is 0 Å². The fourth-order valence-electron chi connectivity index (χ4n) is 2.97. The lowest BCUT2D eigenvalue weighted by molar-refractivity contribution is -0.121. The van der Waals surface area contributed by atoms with Crippen molar-refractivity contribution in [3.05, 3.63) is 66.0 Å². The van der Waals surface area contributed by atoms with Crippen LogP contribution in [0.25, 0.3) is 11.0 Å². The molecule has 1 amide bonds. The van der Waals surface area contributed by atoms with Crippen LogP contribution < -0.4 is 11.1 Å². The van der Waals surface area contributed by atoms with Crippen molar-refractivity contribution < 1.29 is 4.79 Å². The van der Waals surface area contributed by atoms with Crippen molar-refractivity contribution in [3.8, 4) is 0 Å². The highest BCUT2D eigenvalue weighted by atomic mass is 16.1. The van der Waals surface area contributed by atoms with E-state index in [4.69, 9.17) is 5.73 Å². The van der Waals surface area contributed by atoms with E-state index in [1.807, 2.05) is 41.0 Å². The molecule has 2 aromatic carbocycles. The molecule has 26 heavy (non-hydrogen) atoms. The third kappa shape index (κ3) is 4.29. The van der Waals surface area contributed by atoms with Gasteiger partial charge in [0.2, 0.25) is 5.91 Å². The lowest BCUT2D eigenvalue weighted by Crippen LogP contribution is -2.32. The van der Waals surface area contributed by atoms with Crippen LogP contribution in [0.5, 0.6) is 0 Å². The SMILES string of the molecule is CC(C)c1ccc(C(N)CNC(=O)CCn2cnc3ccccc32)cc1. The van der Waals surface area contributed by atoms with Crippen LogP contribution >= 0.6 is 0 Å². The number of imidazole rings is 1. The number of nitrogens with two attached hydrogens (primary N) is 1. The summed E-state index contributed by atoms with van der Waals surface area (Å²) in [5, 5.41) is 2.93. The minimum atomic E-state index is -0.200. The number of para-hydroxylation sites is 2. The highest BCUT2D eigenvalue weighted by Gasteiger charge is 2.10.